The van der Waals surface area contributed by atoms with E-state index in [1.165, 1.54) is 12.3 Å². The van der Waals surface area contributed by atoms with Gasteiger partial charge in [-0.05, 0) is 32.5 Å². The van der Waals surface area contributed by atoms with Gasteiger partial charge in [-0.25, -0.2) is 13.9 Å². The number of urea groups is 1. The van der Waals surface area contributed by atoms with Crippen molar-refractivity contribution in [3.63, 3.8) is 0 Å². The first kappa shape index (κ1) is 36.8. The first-order valence-corrected chi connectivity index (χ1v) is 16.4. The predicted molar refractivity (Wildman–Crippen MR) is 143 cm³/mol. The molecule has 21 nitrogen and oxygen atoms in total. The van der Waals surface area contributed by atoms with Gasteiger partial charge in [0.05, 0.1) is 19.4 Å². The Bertz CT molecular complexity index is 1120. The summed E-state index contributed by atoms with van der Waals surface area (Å²) in [5.41, 5.74) is 5.56. The summed E-state index contributed by atoms with van der Waals surface area (Å²) in [4.78, 5) is 45.7. The summed E-state index contributed by atoms with van der Waals surface area (Å²) in [6.45, 7) is -1.27. The molecule has 12 atom stereocenters. The Kier molecular flexibility index (Phi) is 13.2. The van der Waals surface area contributed by atoms with E-state index in [1.807, 2.05) is 0 Å². The fraction of sp³-hybridized carbons (Fsp3) is 0.810. The molecule has 12 N–H and O–H groups in total. The van der Waals surface area contributed by atoms with Gasteiger partial charge in [0.15, 0.2) is 12.5 Å². The lowest BCUT2D eigenvalue weighted by Gasteiger charge is -2.42. The molecule has 0 aromatic rings. The summed E-state index contributed by atoms with van der Waals surface area (Å²) in [5.74, 6) is -0.655. The summed E-state index contributed by atoms with van der Waals surface area (Å²) in [7, 11) is -9.44. The van der Waals surface area contributed by atoms with Gasteiger partial charge < -0.3 is 66.5 Å². The number of nitrogens with two attached hydrogens (primary N) is 1. The number of amides is 3. The van der Waals surface area contributed by atoms with E-state index >= 15 is 0 Å². The van der Waals surface area contributed by atoms with Crippen LogP contribution in [0.25, 0.3) is 0 Å². The van der Waals surface area contributed by atoms with Crippen molar-refractivity contribution >= 4 is 27.6 Å². The highest BCUT2D eigenvalue weighted by Gasteiger charge is 2.51. The Hall–Kier alpha value is -1.62. The molecular formula is C21H39N5O16P2. The highest BCUT2D eigenvalue weighted by atomic mass is 31.3. The van der Waals surface area contributed by atoms with Crippen LogP contribution in [0.1, 0.15) is 19.3 Å². The lowest BCUT2D eigenvalue weighted by Crippen LogP contribution is -2.64. The molecule has 0 aliphatic carbocycles. The molecule has 0 aromatic carbocycles. The van der Waals surface area contributed by atoms with Crippen LogP contribution in [0.4, 0.5) is 4.79 Å². The van der Waals surface area contributed by atoms with E-state index < -0.39 is 102 Å². The third-order valence-corrected chi connectivity index (χ3v) is 9.33. The lowest BCUT2D eigenvalue weighted by atomic mass is 9.97. The molecule has 3 aliphatic heterocycles. The predicted octanol–water partition coefficient (Wildman–Crippen LogP) is -4.18. The van der Waals surface area contributed by atoms with Crippen LogP contribution in [-0.2, 0) is 36.8 Å². The van der Waals surface area contributed by atoms with Gasteiger partial charge in [0.2, 0.25) is 5.91 Å². The first-order valence-electron chi connectivity index (χ1n) is 13.4. The summed E-state index contributed by atoms with van der Waals surface area (Å²) < 4.78 is 49.5. The van der Waals surface area contributed by atoms with Crippen molar-refractivity contribution in [1.29, 1.82) is 0 Å². The molecule has 9 unspecified atom stereocenters. The van der Waals surface area contributed by atoms with Gasteiger partial charge in [-0.15, -0.1) is 0 Å². The van der Waals surface area contributed by atoms with Crippen molar-refractivity contribution < 1.29 is 76.9 Å². The van der Waals surface area contributed by atoms with Crippen LogP contribution in [0.15, 0.2) is 12.3 Å². The van der Waals surface area contributed by atoms with Gasteiger partial charge in [0.1, 0.15) is 42.7 Å². The highest BCUT2D eigenvalue weighted by molar-refractivity contribution is 7.61. The van der Waals surface area contributed by atoms with E-state index in [-0.39, 0.29) is 6.42 Å². The van der Waals surface area contributed by atoms with Crippen molar-refractivity contribution in [2.45, 2.75) is 80.6 Å². The topological polar surface area (TPSA) is 321 Å². The van der Waals surface area contributed by atoms with Crippen molar-refractivity contribution in [2.24, 2.45) is 5.73 Å². The van der Waals surface area contributed by atoms with Crippen molar-refractivity contribution in [1.82, 2.24) is 20.9 Å². The molecule has 0 saturated carbocycles. The molecule has 254 valence electrons. The van der Waals surface area contributed by atoms with Gasteiger partial charge in [-0.3, -0.25) is 18.7 Å². The number of phosphoric acid groups is 2. The number of phosphoric ester groups is 2. The zero-order valence-electron chi connectivity index (χ0n) is 23.4. The lowest BCUT2D eigenvalue weighted by molar-refractivity contribution is -0.248. The van der Waals surface area contributed by atoms with Crippen LogP contribution in [0.2, 0.25) is 0 Å². The van der Waals surface area contributed by atoms with Gasteiger partial charge in [-0.2, -0.15) is 4.31 Å². The molecule has 0 radical (unpaired) electrons. The SMILES string of the molecule is CNCCCCC(=O)NC1[C@H](OP(=O)(O)OP(=O)(O)OCC2OC(N3C=CC(N)NC3=O)C(O)C2O)OC(CO)[C@H](O)[C@@H]1O. The van der Waals surface area contributed by atoms with Crippen LogP contribution in [0.3, 0.4) is 0 Å². The Morgan fingerprint density at radius 3 is 2.39 bits per heavy atom. The molecular weight excluding hydrogens is 640 g/mol. The number of aliphatic hydroxyl groups excluding tert-OH is 5. The smallest absolute Gasteiger partial charge is 0.394 e. The van der Waals surface area contributed by atoms with E-state index in [0.717, 1.165) is 4.90 Å². The maximum atomic E-state index is 12.7. The molecule has 0 bridgehead atoms. The summed E-state index contributed by atoms with van der Waals surface area (Å²) in [6.07, 6.45) is -11.0. The van der Waals surface area contributed by atoms with Crippen LogP contribution in [0.5, 0.6) is 0 Å². The van der Waals surface area contributed by atoms with Gasteiger partial charge in [-0.1, -0.05) is 0 Å². The normalized spacial score (nSPS) is 36.8. The van der Waals surface area contributed by atoms with Crippen molar-refractivity contribution in [2.75, 3.05) is 26.8 Å². The van der Waals surface area contributed by atoms with Crippen LogP contribution in [0, 0.1) is 0 Å². The average molecular weight is 680 g/mol. The quantitative estimate of drug-likeness (QED) is 0.0577. The van der Waals surface area contributed by atoms with E-state index in [9.17, 15) is 54.0 Å². The molecule has 23 heteroatoms. The molecule has 3 aliphatic rings. The molecule has 3 amide bonds. The Morgan fingerprint density at radius 1 is 1.07 bits per heavy atom. The number of ether oxygens (including phenoxy) is 2. The molecule has 3 heterocycles. The zero-order valence-corrected chi connectivity index (χ0v) is 25.2. The van der Waals surface area contributed by atoms with E-state index in [1.54, 1.807) is 7.05 Å². The van der Waals surface area contributed by atoms with E-state index in [4.69, 9.17) is 19.7 Å². The third kappa shape index (κ3) is 9.69. The number of aliphatic hydroxyl groups is 5. The number of hydrogen-bond acceptors (Lipinski definition) is 16. The monoisotopic (exact) mass is 679 g/mol. The van der Waals surface area contributed by atoms with E-state index in [2.05, 4.69) is 24.8 Å². The average Bonchev–Trinajstić information content (AvgIpc) is 3.22. The number of carbonyl (C=O) groups is 2. The fourth-order valence-corrected chi connectivity index (χ4v) is 6.62. The number of nitrogens with one attached hydrogen (secondary N) is 3. The van der Waals surface area contributed by atoms with Gasteiger partial charge >= 0.3 is 21.7 Å². The third-order valence-electron chi connectivity index (χ3n) is 6.72. The highest BCUT2D eigenvalue weighted by Crippen LogP contribution is 2.61. The molecule has 0 aromatic heterocycles. The summed E-state index contributed by atoms with van der Waals surface area (Å²) >= 11 is 0. The van der Waals surface area contributed by atoms with Gasteiger partial charge in [0, 0.05) is 12.6 Å². The molecule has 3 rings (SSSR count). The second kappa shape index (κ2) is 15.8. The first-order chi connectivity index (χ1) is 20.6. The molecule has 2 saturated heterocycles. The minimum Gasteiger partial charge on any atom is -0.394 e. The number of nitrogens with zero attached hydrogens (tertiary/aromatic N) is 1. The van der Waals surface area contributed by atoms with Crippen molar-refractivity contribution in [3.05, 3.63) is 12.3 Å². The number of hydrogen-bond donors (Lipinski definition) is 11. The fourth-order valence-electron chi connectivity index (χ4n) is 4.46. The number of rotatable bonds is 15. The Balaban J connectivity index is 1.62. The standard InChI is InChI=1S/C21H39N5O16P2/c1-23-6-3-2-4-13(28)25-14-17(31)15(29)10(8-27)40-20(14)41-44(36,37)42-43(34,35)38-9-11-16(30)18(32)19(39-11)26-7-5-12(22)24-21(26)33/h5,7,10-12,14-20,23,27,29-32H,2-4,6,8-9,22H2,1H3,(H,24,33)(H,25,28)(H,34,35)(H,36,37)/t10?,11?,12?,14?,15-,16?,17+,18?,19?,20-/m0/s1. The largest absolute Gasteiger partial charge is 0.483 e. The second-order valence-corrected chi connectivity index (χ2v) is 13.0. The second-order valence-electron chi connectivity index (χ2n) is 10.1. The van der Waals surface area contributed by atoms with Crippen molar-refractivity contribution in [3.8, 4) is 0 Å². The van der Waals surface area contributed by atoms with Gasteiger partial charge in [0.25, 0.3) is 0 Å². The summed E-state index contributed by atoms with van der Waals surface area (Å²) in [6, 6.07) is -2.47. The van der Waals surface area contributed by atoms with Crippen LogP contribution < -0.4 is 21.7 Å². The molecule has 0 spiro atoms. The van der Waals surface area contributed by atoms with Crippen LogP contribution >= 0.6 is 15.6 Å². The number of unbranched alkanes of at least 4 members (excludes halogenated alkanes) is 1. The number of carbonyl (C=O) groups excluding carboxylic acids is 2. The minimum absolute atomic E-state index is 0.0407. The van der Waals surface area contributed by atoms with E-state index in [0.29, 0.717) is 19.4 Å². The Morgan fingerprint density at radius 2 is 1.75 bits per heavy atom. The zero-order chi connectivity index (χ0) is 32.8. The molecule has 2 fully saturated rings. The van der Waals surface area contributed by atoms with Crippen LogP contribution in [-0.4, -0.2) is 140 Å². The molecule has 44 heavy (non-hydrogen) atoms. The summed E-state index contributed by atoms with van der Waals surface area (Å²) in [5, 5.41) is 58.3. The Labute approximate surface area is 251 Å². The maximum absolute atomic E-state index is 12.7. The minimum atomic E-state index is -5.65. The maximum Gasteiger partial charge on any atom is 0.483 e.